The molecule has 1 aromatic carbocycles. The fourth-order valence-electron chi connectivity index (χ4n) is 1.46. The minimum atomic E-state index is -0.658. The molecule has 0 atom stereocenters. The average Bonchev–Trinajstić information content (AvgIpc) is 2.59. The zero-order chi connectivity index (χ0) is 18.7. The largest absolute Gasteiger partial charge is 0.455 e. The predicted molar refractivity (Wildman–Crippen MR) is 90.4 cm³/mol. The summed E-state index contributed by atoms with van der Waals surface area (Å²) in [5, 5.41) is 7.14. The molecule has 0 fully saturated rings. The molecule has 8 nitrogen and oxygen atoms in total. The molecule has 3 amide bonds. The zero-order valence-electron chi connectivity index (χ0n) is 13.5. The van der Waals surface area contributed by atoms with E-state index in [1.807, 2.05) is 0 Å². The topological polar surface area (TPSA) is 114 Å². The molecule has 0 aliphatic carbocycles. The van der Waals surface area contributed by atoms with Gasteiger partial charge in [-0.1, -0.05) is 0 Å². The van der Waals surface area contributed by atoms with Crippen molar-refractivity contribution in [1.29, 1.82) is 0 Å². The van der Waals surface area contributed by atoms with Crippen molar-refractivity contribution in [2.24, 2.45) is 0 Å². The van der Waals surface area contributed by atoms with Crippen LogP contribution in [0.3, 0.4) is 0 Å². The molecular formula is C15H18FN3O5S. The summed E-state index contributed by atoms with van der Waals surface area (Å²) in [6.45, 7) is -0.705. The van der Waals surface area contributed by atoms with Crippen molar-refractivity contribution in [1.82, 2.24) is 10.6 Å². The van der Waals surface area contributed by atoms with E-state index in [1.165, 1.54) is 31.3 Å². The van der Waals surface area contributed by atoms with Crippen molar-refractivity contribution in [3.8, 4) is 0 Å². The number of hydrogen-bond acceptors (Lipinski definition) is 6. The van der Waals surface area contributed by atoms with Crippen LogP contribution >= 0.6 is 11.8 Å². The molecule has 0 aliphatic rings. The van der Waals surface area contributed by atoms with Crippen molar-refractivity contribution >= 4 is 41.1 Å². The first kappa shape index (κ1) is 20.4. The van der Waals surface area contributed by atoms with Gasteiger partial charge in [-0.15, -0.1) is 11.8 Å². The summed E-state index contributed by atoms with van der Waals surface area (Å²) in [5.41, 5.74) is 0.447. The van der Waals surface area contributed by atoms with Crippen molar-refractivity contribution in [3.63, 3.8) is 0 Å². The number of hydrogen-bond donors (Lipinski definition) is 3. The highest BCUT2D eigenvalue weighted by molar-refractivity contribution is 8.00. The van der Waals surface area contributed by atoms with Gasteiger partial charge in [-0.25, -0.2) is 4.39 Å². The van der Waals surface area contributed by atoms with Crippen LogP contribution in [0.5, 0.6) is 0 Å². The van der Waals surface area contributed by atoms with E-state index in [-0.39, 0.29) is 29.9 Å². The number of ether oxygens (including phenoxy) is 1. The first-order valence-electron chi connectivity index (χ1n) is 7.16. The number of esters is 1. The molecule has 136 valence electrons. The lowest BCUT2D eigenvalue weighted by molar-refractivity contribution is -0.146. The molecule has 0 radical (unpaired) electrons. The number of likely N-dealkylation sites (N-methyl/N-ethyl adjacent to an activating group) is 1. The van der Waals surface area contributed by atoms with Crippen LogP contribution in [0.1, 0.15) is 0 Å². The first-order valence-corrected chi connectivity index (χ1v) is 8.32. The molecule has 0 bridgehead atoms. The molecule has 0 saturated heterocycles. The molecule has 25 heavy (non-hydrogen) atoms. The third-order valence-electron chi connectivity index (χ3n) is 2.67. The van der Waals surface area contributed by atoms with Crippen LogP contribution in [0, 0.1) is 5.82 Å². The lowest BCUT2D eigenvalue weighted by Gasteiger charge is -2.06. The molecule has 0 spiro atoms. The molecule has 0 unspecified atom stereocenters. The van der Waals surface area contributed by atoms with Crippen LogP contribution in [0.25, 0.3) is 0 Å². The van der Waals surface area contributed by atoms with Gasteiger partial charge in [0.1, 0.15) is 5.82 Å². The molecule has 0 aliphatic heterocycles. The number of amides is 3. The SMILES string of the molecule is CNC(=O)CNC(=O)COC(=O)CSCC(=O)Nc1ccc(F)cc1. The summed E-state index contributed by atoms with van der Waals surface area (Å²) < 4.78 is 17.4. The molecule has 0 saturated carbocycles. The van der Waals surface area contributed by atoms with Crippen molar-refractivity contribution in [2.45, 2.75) is 0 Å². The lowest BCUT2D eigenvalue weighted by atomic mass is 10.3. The Morgan fingerprint density at radius 3 is 2.36 bits per heavy atom. The van der Waals surface area contributed by atoms with Crippen molar-refractivity contribution < 1.29 is 28.3 Å². The van der Waals surface area contributed by atoms with E-state index >= 15 is 0 Å². The summed E-state index contributed by atoms with van der Waals surface area (Å²) in [5.74, 6) is -2.51. The van der Waals surface area contributed by atoms with E-state index in [1.54, 1.807) is 0 Å². The van der Waals surface area contributed by atoms with Crippen molar-refractivity contribution in [3.05, 3.63) is 30.1 Å². The monoisotopic (exact) mass is 371 g/mol. The van der Waals surface area contributed by atoms with Gasteiger partial charge in [-0.2, -0.15) is 0 Å². The average molecular weight is 371 g/mol. The summed E-state index contributed by atoms with van der Waals surface area (Å²) >= 11 is 1.01. The van der Waals surface area contributed by atoms with Gasteiger partial charge in [0.15, 0.2) is 6.61 Å². The molecule has 1 rings (SSSR count). The molecular weight excluding hydrogens is 353 g/mol. The van der Waals surface area contributed by atoms with E-state index in [4.69, 9.17) is 4.74 Å². The lowest BCUT2D eigenvalue weighted by Crippen LogP contribution is -2.37. The predicted octanol–water partition coefficient (Wildman–Crippen LogP) is -0.0972. The van der Waals surface area contributed by atoms with Crippen LogP contribution in [0.2, 0.25) is 0 Å². The number of carbonyl (C=O) groups excluding carboxylic acids is 4. The van der Waals surface area contributed by atoms with E-state index in [2.05, 4.69) is 16.0 Å². The number of thioether (sulfide) groups is 1. The normalized spacial score (nSPS) is 9.84. The smallest absolute Gasteiger partial charge is 0.316 e. The molecule has 0 heterocycles. The highest BCUT2D eigenvalue weighted by Crippen LogP contribution is 2.09. The Bertz CT molecular complexity index is 624. The third-order valence-corrected chi connectivity index (χ3v) is 3.58. The summed E-state index contributed by atoms with van der Waals surface area (Å²) in [6.07, 6.45) is 0. The number of rotatable bonds is 9. The Kier molecular flexibility index (Phi) is 9.01. The Balaban J connectivity index is 2.15. The molecule has 3 N–H and O–H groups in total. The van der Waals surface area contributed by atoms with Gasteiger partial charge in [-0.3, -0.25) is 19.2 Å². The van der Waals surface area contributed by atoms with Crippen LogP contribution in [0.15, 0.2) is 24.3 Å². The number of anilines is 1. The Morgan fingerprint density at radius 2 is 1.72 bits per heavy atom. The van der Waals surface area contributed by atoms with Gasteiger partial charge in [-0.05, 0) is 24.3 Å². The van der Waals surface area contributed by atoms with Gasteiger partial charge >= 0.3 is 5.97 Å². The summed E-state index contributed by atoms with van der Waals surface area (Å²) in [4.78, 5) is 45.3. The molecule has 10 heteroatoms. The number of carbonyl (C=O) groups is 4. The summed E-state index contributed by atoms with van der Waals surface area (Å²) in [7, 11) is 1.43. The summed E-state index contributed by atoms with van der Waals surface area (Å²) in [6, 6.07) is 5.28. The first-order chi connectivity index (χ1) is 11.9. The second-order valence-corrected chi connectivity index (χ2v) is 5.64. The second-order valence-electron chi connectivity index (χ2n) is 4.66. The van der Waals surface area contributed by atoms with Gasteiger partial charge in [0.25, 0.3) is 5.91 Å². The maximum Gasteiger partial charge on any atom is 0.316 e. The van der Waals surface area contributed by atoms with Gasteiger partial charge in [0.2, 0.25) is 11.8 Å². The van der Waals surface area contributed by atoms with E-state index in [0.29, 0.717) is 5.69 Å². The van der Waals surface area contributed by atoms with Gasteiger partial charge in [0.05, 0.1) is 18.1 Å². The van der Waals surface area contributed by atoms with Crippen LogP contribution < -0.4 is 16.0 Å². The Hall–Kier alpha value is -2.62. The Morgan fingerprint density at radius 1 is 1.04 bits per heavy atom. The van der Waals surface area contributed by atoms with E-state index in [0.717, 1.165) is 11.8 Å². The highest BCUT2D eigenvalue weighted by Gasteiger charge is 2.10. The van der Waals surface area contributed by atoms with Crippen LogP contribution in [0.4, 0.5) is 10.1 Å². The van der Waals surface area contributed by atoms with Crippen LogP contribution in [-0.2, 0) is 23.9 Å². The minimum Gasteiger partial charge on any atom is -0.455 e. The number of nitrogens with one attached hydrogen (secondary N) is 3. The maximum absolute atomic E-state index is 12.7. The standard InChI is InChI=1S/C15H18FN3O5S/c1-17-12(20)6-18-13(21)7-24-15(23)9-25-8-14(22)19-11-4-2-10(16)3-5-11/h2-5H,6-9H2,1H3,(H,17,20)(H,18,21)(H,19,22). The number of benzene rings is 1. The maximum atomic E-state index is 12.7. The van der Waals surface area contributed by atoms with E-state index in [9.17, 15) is 23.6 Å². The number of halogens is 1. The fraction of sp³-hybridized carbons (Fsp3) is 0.333. The second kappa shape index (κ2) is 11.0. The quantitative estimate of drug-likeness (QED) is 0.523. The fourth-order valence-corrected chi connectivity index (χ4v) is 2.07. The van der Waals surface area contributed by atoms with Gasteiger partial charge < -0.3 is 20.7 Å². The van der Waals surface area contributed by atoms with E-state index < -0.39 is 24.3 Å². The minimum absolute atomic E-state index is 0.00462. The van der Waals surface area contributed by atoms with Gasteiger partial charge in [0, 0.05) is 12.7 Å². The van der Waals surface area contributed by atoms with Crippen molar-refractivity contribution in [2.75, 3.05) is 37.0 Å². The third kappa shape index (κ3) is 9.30. The molecule has 0 aromatic heterocycles. The highest BCUT2D eigenvalue weighted by atomic mass is 32.2. The molecule has 1 aromatic rings. The van der Waals surface area contributed by atoms with Crippen LogP contribution in [-0.4, -0.2) is 55.4 Å². The zero-order valence-corrected chi connectivity index (χ0v) is 14.3. The Labute approximate surface area is 147 Å².